The molecule has 18 nitrogen and oxygen atoms in total. The van der Waals surface area contributed by atoms with Gasteiger partial charge in [0.2, 0.25) is 26.3 Å². The van der Waals surface area contributed by atoms with Crippen molar-refractivity contribution in [2.75, 3.05) is 40.0 Å². The predicted octanol–water partition coefficient (Wildman–Crippen LogP) is 1.55. The molecule has 0 bridgehead atoms. The molecular formula is C35H42BF2N5O13. The van der Waals surface area contributed by atoms with Crippen LogP contribution in [0.5, 0.6) is 0 Å². The number of halogens is 2. The number of ether oxygens (including phenoxy) is 6. The summed E-state index contributed by atoms with van der Waals surface area (Å²) in [6, 6.07) is 5.25. The maximum Gasteiger partial charge on any atom is 0.737 e. The summed E-state index contributed by atoms with van der Waals surface area (Å²) >= 11 is 0. The highest BCUT2D eigenvalue weighted by molar-refractivity contribution is 6.58. The van der Waals surface area contributed by atoms with E-state index in [2.05, 4.69) is 24.5 Å². The van der Waals surface area contributed by atoms with Crippen LogP contribution >= 0.6 is 0 Å². The quantitative estimate of drug-likeness (QED) is 0.0604. The van der Waals surface area contributed by atoms with Crippen LogP contribution in [0.1, 0.15) is 63.5 Å². The lowest BCUT2D eigenvalue weighted by Crippen LogP contribution is -2.51. The van der Waals surface area contributed by atoms with Gasteiger partial charge < -0.3 is 56.3 Å². The summed E-state index contributed by atoms with van der Waals surface area (Å²) in [6.07, 6.45) is 6.95. The number of hydrogen-bond donors (Lipinski definition) is 2. The van der Waals surface area contributed by atoms with Gasteiger partial charge in [0.25, 0.3) is 0 Å². The van der Waals surface area contributed by atoms with E-state index in [-0.39, 0.29) is 44.3 Å². The first-order valence-corrected chi connectivity index (χ1v) is 17.5. The first-order chi connectivity index (χ1) is 26.7. The van der Waals surface area contributed by atoms with E-state index in [0.29, 0.717) is 22.8 Å². The monoisotopic (exact) mass is 789 g/mol. The van der Waals surface area contributed by atoms with E-state index in [9.17, 15) is 33.6 Å². The number of nitrogens with zero attached hydrogens (tertiary/aromatic N) is 3. The van der Waals surface area contributed by atoms with Gasteiger partial charge in [0.1, 0.15) is 11.7 Å². The first-order valence-electron chi connectivity index (χ1n) is 17.5. The number of carbonyl (C=O) groups excluding carboxylic acids is 7. The fourth-order valence-electron chi connectivity index (χ4n) is 5.91. The van der Waals surface area contributed by atoms with Gasteiger partial charge in [0.15, 0.2) is 11.4 Å². The number of aryl methyl sites for hydroxylation is 1. The molecule has 1 unspecified atom stereocenters. The summed E-state index contributed by atoms with van der Waals surface area (Å²) in [5.41, 5.74) is 1.82. The molecule has 0 aromatic carbocycles. The van der Waals surface area contributed by atoms with Crippen LogP contribution in [-0.2, 0) is 68.4 Å². The third-order valence-electron chi connectivity index (χ3n) is 8.41. The SMILES string of the molecule is CC(=O)OCOC(=O)CN(CC(=O)OCOC(C)=O)C(CCCCNC(=O)CCc1ccc2n1[B-](F)(F)[N+]1=C(c3ccc[nH]3)C=CC1=C2)C(=O)OCOC(C)=O. The lowest BCUT2D eigenvalue weighted by molar-refractivity contribution is -0.360. The van der Waals surface area contributed by atoms with Gasteiger partial charge in [-0.05, 0) is 55.6 Å². The number of hydrogen-bond acceptors (Lipinski definition) is 14. The summed E-state index contributed by atoms with van der Waals surface area (Å²) in [5, 5.41) is 2.73. The molecule has 2 aliphatic heterocycles. The molecule has 2 aromatic rings. The number of esters is 6. The van der Waals surface area contributed by atoms with Crippen LogP contribution in [0.2, 0.25) is 0 Å². The fourth-order valence-corrected chi connectivity index (χ4v) is 5.91. The van der Waals surface area contributed by atoms with Crippen molar-refractivity contribution in [3.05, 3.63) is 65.4 Å². The van der Waals surface area contributed by atoms with Crippen molar-refractivity contribution < 1.29 is 75.1 Å². The van der Waals surface area contributed by atoms with Crippen LogP contribution in [0.25, 0.3) is 6.08 Å². The average molecular weight is 790 g/mol. The number of amides is 1. The summed E-state index contributed by atoms with van der Waals surface area (Å²) in [7, 11) is 0. The molecule has 2 N–H and O–H groups in total. The van der Waals surface area contributed by atoms with Crippen LogP contribution in [0.3, 0.4) is 0 Å². The number of nitrogens with one attached hydrogen (secondary N) is 2. The Bertz CT molecular complexity index is 1860. The lowest BCUT2D eigenvalue weighted by atomic mass is 9.90. The van der Waals surface area contributed by atoms with E-state index in [4.69, 9.17) is 14.2 Å². The van der Waals surface area contributed by atoms with Crippen LogP contribution in [-0.4, -0.2) is 119 Å². The molecule has 4 rings (SSSR count). The maximum absolute atomic E-state index is 16.1. The third-order valence-corrected chi connectivity index (χ3v) is 8.41. The highest BCUT2D eigenvalue weighted by Crippen LogP contribution is 2.33. The van der Waals surface area contributed by atoms with Gasteiger partial charge in [-0.2, -0.15) is 0 Å². The normalized spacial score (nSPS) is 14.2. The number of allylic oxidation sites excluding steroid dienone is 2. The minimum absolute atomic E-state index is 0.0256. The van der Waals surface area contributed by atoms with Gasteiger partial charge in [-0.1, -0.05) is 0 Å². The Morgan fingerprint density at radius 2 is 1.46 bits per heavy atom. The summed E-state index contributed by atoms with van der Waals surface area (Å²) in [4.78, 5) is 88.5. The Morgan fingerprint density at radius 3 is 2.05 bits per heavy atom. The smallest absolute Gasteiger partial charge is 0.428 e. The number of H-pyrrole nitrogens is 1. The molecule has 2 aromatic heterocycles. The number of fused-ring (bicyclic) bond motifs is 2. The molecule has 56 heavy (non-hydrogen) atoms. The minimum atomic E-state index is -4.28. The Morgan fingerprint density at radius 1 is 0.839 bits per heavy atom. The van der Waals surface area contributed by atoms with Crippen molar-refractivity contribution in [1.82, 2.24) is 19.7 Å². The zero-order valence-electron chi connectivity index (χ0n) is 31.0. The number of aromatic nitrogens is 2. The molecule has 21 heteroatoms. The Labute approximate surface area is 319 Å². The number of unbranched alkanes of at least 4 members (excludes halogenated alkanes) is 1. The maximum atomic E-state index is 16.1. The molecule has 0 saturated carbocycles. The standard InChI is InChI=1S/C35H42BF2N5O13/c1-23(44)51-20-54-33(48)18-41(19-34(49)55-21-52-24(2)45)31(35(50)56-22-53-25(3)46)8-4-5-15-40-32(47)14-12-26-9-10-27-17-28-11-13-30(29-7-6-16-39-29)43(28)36(37,38)42(26)27/h6-7,9-11,13,16-17,31,39H,4-5,8,12,14-15,18-22H2,1-3H3,(H,40,47). The minimum Gasteiger partial charge on any atom is -0.428 e. The second kappa shape index (κ2) is 20.0. The highest BCUT2D eigenvalue weighted by Gasteiger charge is 2.52. The Hall–Kier alpha value is -6.12. The van der Waals surface area contributed by atoms with Crippen molar-refractivity contribution in [2.24, 2.45) is 0 Å². The molecule has 0 saturated heterocycles. The van der Waals surface area contributed by atoms with Crippen LogP contribution < -0.4 is 5.32 Å². The van der Waals surface area contributed by atoms with Crippen molar-refractivity contribution in [2.45, 2.75) is 58.9 Å². The zero-order chi connectivity index (χ0) is 40.8. The van der Waals surface area contributed by atoms with E-state index in [1.807, 2.05) is 0 Å². The zero-order valence-corrected chi connectivity index (χ0v) is 31.0. The van der Waals surface area contributed by atoms with Crippen molar-refractivity contribution >= 4 is 60.5 Å². The lowest BCUT2D eigenvalue weighted by Gasteiger charge is -2.30. The van der Waals surface area contributed by atoms with Crippen LogP contribution in [0, 0.1) is 0 Å². The van der Waals surface area contributed by atoms with E-state index in [1.165, 1.54) is 0 Å². The molecule has 0 spiro atoms. The molecule has 4 heterocycles. The molecule has 302 valence electrons. The summed E-state index contributed by atoms with van der Waals surface area (Å²) in [6.45, 7) is -4.53. The Kier molecular flexibility index (Phi) is 15.2. The Balaban J connectivity index is 1.35. The van der Waals surface area contributed by atoms with Crippen LogP contribution in [0.4, 0.5) is 8.63 Å². The number of aromatic amines is 1. The topological polar surface area (TPSA) is 214 Å². The highest BCUT2D eigenvalue weighted by atomic mass is 19.2. The second-order valence-electron chi connectivity index (χ2n) is 12.5. The number of rotatable bonds is 21. The molecular weight excluding hydrogens is 747 g/mol. The van der Waals surface area contributed by atoms with Gasteiger partial charge in [-0.15, -0.1) is 0 Å². The first kappa shape index (κ1) is 42.6. The fraction of sp³-hybridized carbons (Fsp3) is 0.429. The van der Waals surface area contributed by atoms with Gasteiger partial charge in [0, 0.05) is 63.9 Å². The molecule has 2 aliphatic rings. The number of carbonyl (C=O) groups is 7. The van der Waals surface area contributed by atoms with Gasteiger partial charge in [0.05, 0.1) is 13.1 Å². The summed E-state index contributed by atoms with van der Waals surface area (Å²) < 4.78 is 62.7. The molecule has 1 atom stereocenters. The molecule has 1 amide bonds. The van der Waals surface area contributed by atoms with Gasteiger partial charge >= 0.3 is 42.8 Å². The van der Waals surface area contributed by atoms with E-state index in [1.54, 1.807) is 48.7 Å². The van der Waals surface area contributed by atoms with E-state index in [0.717, 1.165) is 34.6 Å². The van der Waals surface area contributed by atoms with Crippen LogP contribution in [0.15, 0.2) is 48.3 Å². The van der Waals surface area contributed by atoms with Crippen molar-refractivity contribution in [3.63, 3.8) is 0 Å². The summed E-state index contributed by atoms with van der Waals surface area (Å²) in [5.74, 6) is -5.61. The molecule has 0 radical (unpaired) electrons. The third kappa shape index (κ3) is 11.9. The molecule has 0 aliphatic carbocycles. The second-order valence-corrected chi connectivity index (χ2v) is 12.5. The predicted molar refractivity (Wildman–Crippen MR) is 189 cm³/mol. The largest absolute Gasteiger partial charge is 0.737 e. The van der Waals surface area contributed by atoms with E-state index >= 15 is 8.63 Å². The molecule has 0 fully saturated rings. The van der Waals surface area contributed by atoms with Gasteiger partial charge in [-0.25, -0.2) is 0 Å². The van der Waals surface area contributed by atoms with E-state index < -0.39 is 88.2 Å². The van der Waals surface area contributed by atoms with Crippen molar-refractivity contribution in [3.8, 4) is 0 Å². The van der Waals surface area contributed by atoms with Crippen molar-refractivity contribution in [1.29, 1.82) is 0 Å². The van der Waals surface area contributed by atoms with Gasteiger partial charge in [-0.3, -0.25) is 38.5 Å². The average Bonchev–Trinajstić information content (AvgIpc) is 3.89.